The fourth-order valence-corrected chi connectivity index (χ4v) is 1.23. The highest BCUT2D eigenvalue weighted by molar-refractivity contribution is 5.48. The third-order valence-corrected chi connectivity index (χ3v) is 2.15. The van der Waals surface area contributed by atoms with Crippen molar-refractivity contribution in [2.45, 2.75) is 19.4 Å². The molecular weight excluding hydrogens is 226 g/mol. The van der Waals surface area contributed by atoms with Gasteiger partial charge in [-0.2, -0.15) is 0 Å². The Morgan fingerprint density at radius 1 is 1.47 bits per heavy atom. The van der Waals surface area contributed by atoms with Gasteiger partial charge in [0, 0.05) is 12.5 Å². The number of ether oxygens (including phenoxy) is 2. The number of benzene rings is 1. The molecule has 1 aromatic rings. The van der Waals surface area contributed by atoms with E-state index in [0.717, 1.165) is 0 Å². The molecule has 1 atom stereocenters. The highest BCUT2D eigenvalue weighted by atomic mass is 16.6. The topological polar surface area (TPSA) is 81.8 Å². The van der Waals surface area contributed by atoms with Gasteiger partial charge in [-0.1, -0.05) is 0 Å². The van der Waals surface area contributed by atoms with Crippen molar-refractivity contribution in [2.75, 3.05) is 13.7 Å². The number of non-ortho nitro benzene ring substituents is 1. The number of nitro benzene ring substituents is 1. The van der Waals surface area contributed by atoms with E-state index in [2.05, 4.69) is 0 Å². The van der Waals surface area contributed by atoms with Gasteiger partial charge >= 0.3 is 0 Å². The molecule has 1 aromatic carbocycles. The molecule has 1 unspecified atom stereocenters. The molecule has 6 heteroatoms. The molecular formula is C11H15NO5. The van der Waals surface area contributed by atoms with Gasteiger partial charge < -0.3 is 14.6 Å². The summed E-state index contributed by atoms with van der Waals surface area (Å²) < 4.78 is 10.4. The lowest BCUT2D eigenvalue weighted by Crippen LogP contribution is -2.08. The fourth-order valence-electron chi connectivity index (χ4n) is 1.23. The van der Waals surface area contributed by atoms with E-state index >= 15 is 0 Å². The average molecular weight is 241 g/mol. The van der Waals surface area contributed by atoms with Crippen LogP contribution in [0.1, 0.15) is 13.3 Å². The van der Waals surface area contributed by atoms with E-state index in [0.29, 0.717) is 17.9 Å². The van der Waals surface area contributed by atoms with Crippen LogP contribution in [0.4, 0.5) is 5.69 Å². The summed E-state index contributed by atoms with van der Waals surface area (Å²) in [5.74, 6) is 0.739. The van der Waals surface area contributed by atoms with Crippen LogP contribution in [0.15, 0.2) is 18.2 Å². The number of nitro groups is 1. The molecule has 0 heterocycles. The Bertz CT molecular complexity index is 391. The smallest absolute Gasteiger partial charge is 0.273 e. The first-order valence-electron chi connectivity index (χ1n) is 5.18. The predicted molar refractivity (Wildman–Crippen MR) is 61.4 cm³/mol. The van der Waals surface area contributed by atoms with Crippen LogP contribution in [0.25, 0.3) is 0 Å². The van der Waals surface area contributed by atoms with Crippen LogP contribution in [-0.4, -0.2) is 29.9 Å². The number of aliphatic hydroxyl groups excluding tert-OH is 1. The lowest BCUT2D eigenvalue weighted by molar-refractivity contribution is -0.385. The van der Waals surface area contributed by atoms with Crippen LogP contribution in [0.2, 0.25) is 0 Å². The summed E-state index contributed by atoms with van der Waals surface area (Å²) in [6.07, 6.45) is -0.0223. The van der Waals surface area contributed by atoms with Crippen molar-refractivity contribution >= 4 is 5.69 Å². The molecule has 0 bridgehead atoms. The molecule has 0 aromatic heterocycles. The van der Waals surface area contributed by atoms with E-state index in [1.54, 1.807) is 6.92 Å². The van der Waals surface area contributed by atoms with Crippen LogP contribution in [0, 0.1) is 10.1 Å². The Kier molecular flexibility index (Phi) is 4.71. The molecule has 0 saturated carbocycles. The number of aliphatic hydroxyl groups is 1. The van der Waals surface area contributed by atoms with E-state index in [9.17, 15) is 10.1 Å². The Balaban J connectivity index is 2.79. The molecule has 0 aliphatic rings. The summed E-state index contributed by atoms with van der Waals surface area (Å²) in [6, 6.07) is 4.14. The Labute approximate surface area is 98.9 Å². The van der Waals surface area contributed by atoms with Gasteiger partial charge in [-0.05, 0) is 13.0 Å². The molecule has 0 spiro atoms. The van der Waals surface area contributed by atoms with E-state index in [4.69, 9.17) is 14.6 Å². The second-order valence-corrected chi connectivity index (χ2v) is 3.58. The number of methoxy groups -OCH3 is 1. The van der Waals surface area contributed by atoms with E-state index in [1.165, 1.54) is 25.3 Å². The molecule has 94 valence electrons. The number of hydrogen-bond acceptors (Lipinski definition) is 5. The molecule has 17 heavy (non-hydrogen) atoms. The monoisotopic (exact) mass is 241 g/mol. The minimum Gasteiger partial charge on any atom is -0.493 e. The Morgan fingerprint density at radius 2 is 2.18 bits per heavy atom. The van der Waals surface area contributed by atoms with Crippen molar-refractivity contribution in [3.63, 3.8) is 0 Å². The third-order valence-electron chi connectivity index (χ3n) is 2.15. The van der Waals surface area contributed by atoms with Gasteiger partial charge in [0.2, 0.25) is 0 Å². The first-order valence-corrected chi connectivity index (χ1v) is 5.18. The molecule has 6 nitrogen and oxygen atoms in total. The van der Waals surface area contributed by atoms with Gasteiger partial charge in [0.25, 0.3) is 5.69 Å². The van der Waals surface area contributed by atoms with Crippen molar-refractivity contribution in [2.24, 2.45) is 0 Å². The standard InChI is InChI=1S/C11H15NO5/c1-8(13)5-6-17-11-7-9(12(14)15)3-4-10(11)16-2/h3-4,7-8,13H,5-6H2,1-2H3. The van der Waals surface area contributed by atoms with Crippen molar-refractivity contribution in [3.05, 3.63) is 28.3 Å². The summed E-state index contributed by atoms with van der Waals surface area (Å²) in [5, 5.41) is 19.7. The molecule has 0 fully saturated rings. The minimum atomic E-state index is -0.499. The SMILES string of the molecule is COc1ccc([N+](=O)[O-])cc1OCCC(C)O. The molecule has 0 saturated heterocycles. The van der Waals surface area contributed by atoms with Gasteiger partial charge in [0.15, 0.2) is 11.5 Å². The average Bonchev–Trinajstić information content (AvgIpc) is 2.28. The van der Waals surface area contributed by atoms with Crippen LogP contribution in [0.3, 0.4) is 0 Å². The predicted octanol–water partition coefficient (Wildman–Crippen LogP) is 1.75. The van der Waals surface area contributed by atoms with Crippen molar-refractivity contribution < 1.29 is 19.5 Å². The van der Waals surface area contributed by atoms with Gasteiger partial charge in [-0.15, -0.1) is 0 Å². The Hall–Kier alpha value is -1.82. The van der Waals surface area contributed by atoms with Gasteiger partial charge in [0.1, 0.15) is 0 Å². The summed E-state index contributed by atoms with van der Waals surface area (Å²) >= 11 is 0. The van der Waals surface area contributed by atoms with Gasteiger partial charge in [-0.25, -0.2) is 0 Å². The number of rotatable bonds is 6. The lowest BCUT2D eigenvalue weighted by Gasteiger charge is -2.11. The summed E-state index contributed by atoms with van der Waals surface area (Å²) in [6.45, 7) is 1.92. The van der Waals surface area contributed by atoms with Gasteiger partial charge in [-0.3, -0.25) is 10.1 Å². The molecule has 1 N–H and O–H groups in total. The maximum absolute atomic E-state index is 10.6. The highest BCUT2D eigenvalue weighted by Gasteiger charge is 2.12. The van der Waals surface area contributed by atoms with E-state index in [1.807, 2.05) is 0 Å². The normalized spacial score (nSPS) is 11.9. The zero-order chi connectivity index (χ0) is 12.8. The second-order valence-electron chi connectivity index (χ2n) is 3.58. The van der Waals surface area contributed by atoms with E-state index in [-0.39, 0.29) is 12.3 Å². The summed E-state index contributed by atoms with van der Waals surface area (Å²) in [5.41, 5.74) is -0.0575. The third kappa shape index (κ3) is 3.92. The zero-order valence-corrected chi connectivity index (χ0v) is 9.75. The second kappa shape index (κ2) is 6.05. The summed E-state index contributed by atoms with van der Waals surface area (Å²) in [7, 11) is 1.46. The van der Waals surface area contributed by atoms with Crippen LogP contribution in [0.5, 0.6) is 11.5 Å². The van der Waals surface area contributed by atoms with Gasteiger partial charge in [0.05, 0.1) is 30.8 Å². The summed E-state index contributed by atoms with van der Waals surface area (Å²) in [4.78, 5) is 10.1. The van der Waals surface area contributed by atoms with Crippen LogP contribution in [-0.2, 0) is 0 Å². The zero-order valence-electron chi connectivity index (χ0n) is 9.75. The molecule has 1 rings (SSSR count). The highest BCUT2D eigenvalue weighted by Crippen LogP contribution is 2.31. The molecule has 0 aliphatic carbocycles. The molecule has 0 amide bonds. The maximum atomic E-state index is 10.6. The first kappa shape index (κ1) is 13.2. The van der Waals surface area contributed by atoms with E-state index < -0.39 is 11.0 Å². The molecule has 0 aliphatic heterocycles. The minimum absolute atomic E-state index is 0.0575. The van der Waals surface area contributed by atoms with Crippen molar-refractivity contribution in [1.82, 2.24) is 0 Å². The van der Waals surface area contributed by atoms with Crippen molar-refractivity contribution in [1.29, 1.82) is 0 Å². The lowest BCUT2D eigenvalue weighted by atomic mass is 10.2. The van der Waals surface area contributed by atoms with Crippen molar-refractivity contribution in [3.8, 4) is 11.5 Å². The maximum Gasteiger partial charge on any atom is 0.273 e. The first-order chi connectivity index (χ1) is 8.04. The Morgan fingerprint density at radius 3 is 2.71 bits per heavy atom. The number of nitrogens with zero attached hydrogens (tertiary/aromatic N) is 1. The fraction of sp³-hybridized carbons (Fsp3) is 0.455. The number of hydrogen-bond donors (Lipinski definition) is 1. The largest absolute Gasteiger partial charge is 0.493 e. The van der Waals surface area contributed by atoms with Crippen LogP contribution >= 0.6 is 0 Å². The molecule has 0 radical (unpaired) electrons. The quantitative estimate of drug-likeness (QED) is 0.606. The van der Waals surface area contributed by atoms with Crippen LogP contribution < -0.4 is 9.47 Å².